The van der Waals surface area contributed by atoms with Crippen LogP contribution in [0.4, 0.5) is 0 Å². The van der Waals surface area contributed by atoms with Gasteiger partial charge in [-0.3, -0.25) is 25.2 Å². The number of hydrogen-bond acceptors (Lipinski definition) is 5. The Morgan fingerprint density at radius 1 is 1.25 bits per heavy atom. The van der Waals surface area contributed by atoms with Crippen molar-refractivity contribution in [3.05, 3.63) is 39.9 Å². The molecule has 0 bridgehead atoms. The lowest BCUT2D eigenvalue weighted by Gasteiger charge is -2.35. The maximum absolute atomic E-state index is 13.1. The Hall–Kier alpha value is -2.25. The summed E-state index contributed by atoms with van der Waals surface area (Å²) in [5.74, 6) is 0.536. The molecule has 2 aliphatic rings. The highest BCUT2D eigenvalue weighted by molar-refractivity contribution is 5.82. The van der Waals surface area contributed by atoms with E-state index in [1.807, 2.05) is 32.3 Å². The molecule has 150 valence electrons. The first kappa shape index (κ1) is 19.1. The first-order valence-corrected chi connectivity index (χ1v) is 10.2. The Bertz CT molecular complexity index is 948. The largest absolute Gasteiger partial charge is 0.351 e. The second-order valence-electron chi connectivity index (χ2n) is 8.29. The lowest BCUT2D eigenvalue weighted by atomic mass is 9.74. The van der Waals surface area contributed by atoms with E-state index in [-0.39, 0.29) is 29.6 Å². The summed E-state index contributed by atoms with van der Waals surface area (Å²) in [7, 11) is 1.83. The van der Waals surface area contributed by atoms with E-state index in [4.69, 9.17) is 0 Å². The maximum Gasteiger partial charge on any atom is 0.254 e. The molecule has 7 nitrogen and oxygen atoms in total. The van der Waals surface area contributed by atoms with E-state index in [2.05, 4.69) is 27.9 Å². The molecule has 28 heavy (non-hydrogen) atoms. The fourth-order valence-corrected chi connectivity index (χ4v) is 4.62. The molecule has 0 radical (unpaired) electrons. The van der Waals surface area contributed by atoms with Crippen molar-refractivity contribution in [3.8, 4) is 0 Å². The molecular formula is C21H29N5O2. The minimum Gasteiger partial charge on any atom is -0.351 e. The summed E-state index contributed by atoms with van der Waals surface area (Å²) in [6.07, 6.45) is 4.28. The second-order valence-corrected chi connectivity index (χ2v) is 8.29. The van der Waals surface area contributed by atoms with Gasteiger partial charge >= 0.3 is 0 Å². The summed E-state index contributed by atoms with van der Waals surface area (Å²) < 4.78 is 1.74. The molecule has 1 saturated carbocycles. The molecule has 3 heterocycles. The number of pyridine rings is 2. The van der Waals surface area contributed by atoms with E-state index >= 15 is 0 Å². The summed E-state index contributed by atoms with van der Waals surface area (Å²) in [6.45, 7) is 5.76. The minimum atomic E-state index is -0.305. The van der Waals surface area contributed by atoms with Crippen molar-refractivity contribution in [2.45, 2.75) is 51.2 Å². The second kappa shape index (κ2) is 7.64. The number of nitrogens with one attached hydrogen (secondary N) is 3. The van der Waals surface area contributed by atoms with Crippen LogP contribution in [0.5, 0.6) is 0 Å². The molecule has 2 aromatic rings. The summed E-state index contributed by atoms with van der Waals surface area (Å²) in [4.78, 5) is 30.0. The van der Waals surface area contributed by atoms with Crippen molar-refractivity contribution < 1.29 is 4.79 Å². The van der Waals surface area contributed by atoms with Crippen LogP contribution < -0.4 is 21.5 Å². The fourth-order valence-electron chi connectivity index (χ4n) is 4.62. The molecule has 1 saturated heterocycles. The van der Waals surface area contributed by atoms with Crippen LogP contribution >= 0.6 is 0 Å². The van der Waals surface area contributed by atoms with Crippen molar-refractivity contribution in [2.75, 3.05) is 13.1 Å². The molecule has 2 fully saturated rings. The first-order valence-electron chi connectivity index (χ1n) is 10.2. The number of aromatic nitrogens is 2. The Labute approximate surface area is 164 Å². The molecule has 1 aliphatic heterocycles. The predicted molar refractivity (Wildman–Crippen MR) is 109 cm³/mol. The van der Waals surface area contributed by atoms with Gasteiger partial charge in [-0.2, -0.15) is 0 Å². The summed E-state index contributed by atoms with van der Waals surface area (Å²) in [5, 5.41) is 10.5. The highest BCUT2D eigenvalue weighted by Crippen LogP contribution is 2.37. The van der Waals surface area contributed by atoms with Crippen LogP contribution in [-0.2, 0) is 11.8 Å². The summed E-state index contributed by atoms with van der Waals surface area (Å²) in [6, 6.07) is 4.06. The van der Waals surface area contributed by atoms with E-state index in [0.29, 0.717) is 5.92 Å². The van der Waals surface area contributed by atoms with Gasteiger partial charge in [0, 0.05) is 49.0 Å². The number of amides is 1. The third-order valence-electron chi connectivity index (χ3n) is 6.30. The summed E-state index contributed by atoms with van der Waals surface area (Å²) in [5.41, 5.74) is 2.71. The third-order valence-corrected chi connectivity index (χ3v) is 6.30. The molecule has 0 spiro atoms. The average Bonchev–Trinajstić information content (AvgIpc) is 3.22. The van der Waals surface area contributed by atoms with Crippen LogP contribution in [-0.4, -0.2) is 40.8 Å². The zero-order chi connectivity index (χ0) is 19.8. The number of fused-ring (bicyclic) bond motifs is 1. The van der Waals surface area contributed by atoms with Crippen LogP contribution in [0.15, 0.2) is 23.1 Å². The summed E-state index contributed by atoms with van der Waals surface area (Å²) >= 11 is 0. The number of aryl methyl sites for hydroxylation is 2. The smallest absolute Gasteiger partial charge is 0.254 e. The van der Waals surface area contributed by atoms with Gasteiger partial charge in [-0.05, 0) is 50.2 Å². The van der Waals surface area contributed by atoms with Gasteiger partial charge in [0.05, 0.1) is 5.52 Å². The van der Waals surface area contributed by atoms with Crippen molar-refractivity contribution in [1.29, 1.82) is 0 Å². The van der Waals surface area contributed by atoms with Gasteiger partial charge in [0.2, 0.25) is 0 Å². The standard InChI is InChI=1S/C21H29N5O2/c1-12-4-5-15(25-20(27)19-22-6-7-23-19)10-16(12)17-9-14-11-24-13(2)8-18(14)26(3)21(17)28/h8-9,11-12,15-16,19,22-23H,4-7,10H2,1-3H3,(H,25,27). The van der Waals surface area contributed by atoms with E-state index in [1.165, 1.54) is 0 Å². The highest BCUT2D eigenvalue weighted by Gasteiger charge is 2.33. The van der Waals surface area contributed by atoms with Crippen LogP contribution in [0.25, 0.3) is 10.9 Å². The van der Waals surface area contributed by atoms with E-state index in [0.717, 1.165) is 54.5 Å². The lowest BCUT2D eigenvalue weighted by molar-refractivity contribution is -0.124. The van der Waals surface area contributed by atoms with Crippen molar-refractivity contribution in [3.63, 3.8) is 0 Å². The van der Waals surface area contributed by atoms with Gasteiger partial charge in [0.1, 0.15) is 6.17 Å². The lowest BCUT2D eigenvalue weighted by Crippen LogP contribution is -2.51. The molecule has 0 aromatic carbocycles. The topological polar surface area (TPSA) is 88.1 Å². The van der Waals surface area contributed by atoms with Gasteiger partial charge in [0.25, 0.3) is 11.5 Å². The molecule has 3 unspecified atom stereocenters. The number of carbonyl (C=O) groups is 1. The number of carbonyl (C=O) groups excluding carboxylic acids is 1. The SMILES string of the molecule is Cc1cc2c(cn1)cc(C1CC(NC(=O)C3NCCN3)CCC1C)c(=O)n2C. The molecule has 3 N–H and O–H groups in total. The fraction of sp³-hybridized carbons (Fsp3) is 0.571. The Morgan fingerprint density at radius 2 is 2.00 bits per heavy atom. The van der Waals surface area contributed by atoms with Crippen LogP contribution in [0.1, 0.15) is 43.4 Å². The van der Waals surface area contributed by atoms with Crippen LogP contribution in [0.3, 0.4) is 0 Å². The zero-order valence-corrected chi connectivity index (χ0v) is 16.8. The normalized spacial score (nSPS) is 25.9. The molecule has 1 amide bonds. The first-order chi connectivity index (χ1) is 13.4. The van der Waals surface area contributed by atoms with E-state index in [1.54, 1.807) is 4.57 Å². The third kappa shape index (κ3) is 3.56. The van der Waals surface area contributed by atoms with Gasteiger partial charge in [-0.15, -0.1) is 0 Å². The predicted octanol–water partition coefficient (Wildman–Crippen LogP) is 1.15. The Balaban J connectivity index is 1.60. The van der Waals surface area contributed by atoms with Crippen LogP contribution in [0.2, 0.25) is 0 Å². The number of nitrogens with zero attached hydrogens (tertiary/aromatic N) is 2. The molecule has 1 aliphatic carbocycles. The highest BCUT2D eigenvalue weighted by atomic mass is 16.2. The van der Waals surface area contributed by atoms with Gasteiger partial charge in [-0.1, -0.05) is 6.92 Å². The molecule has 7 heteroatoms. The van der Waals surface area contributed by atoms with Crippen molar-refractivity contribution in [2.24, 2.45) is 13.0 Å². The van der Waals surface area contributed by atoms with Gasteiger partial charge in [-0.25, -0.2) is 0 Å². The average molecular weight is 383 g/mol. The molecule has 2 aromatic heterocycles. The quantitative estimate of drug-likeness (QED) is 0.740. The van der Waals surface area contributed by atoms with Crippen molar-refractivity contribution >= 4 is 16.8 Å². The van der Waals surface area contributed by atoms with Crippen molar-refractivity contribution in [1.82, 2.24) is 25.5 Å². The molecule has 3 atom stereocenters. The van der Waals surface area contributed by atoms with Gasteiger partial charge < -0.3 is 9.88 Å². The minimum absolute atomic E-state index is 0.00175. The molecular weight excluding hydrogens is 354 g/mol. The van der Waals surface area contributed by atoms with Gasteiger partial charge in [0.15, 0.2) is 0 Å². The monoisotopic (exact) mass is 383 g/mol. The number of hydrogen-bond donors (Lipinski definition) is 3. The number of rotatable bonds is 3. The van der Waals surface area contributed by atoms with Crippen LogP contribution in [0, 0.1) is 12.8 Å². The van der Waals surface area contributed by atoms with E-state index < -0.39 is 0 Å². The molecule has 4 rings (SSSR count). The maximum atomic E-state index is 13.1. The zero-order valence-electron chi connectivity index (χ0n) is 16.8. The Morgan fingerprint density at radius 3 is 2.75 bits per heavy atom. The van der Waals surface area contributed by atoms with E-state index in [9.17, 15) is 9.59 Å². The Kier molecular flexibility index (Phi) is 5.21.